The summed E-state index contributed by atoms with van der Waals surface area (Å²) in [4.78, 5) is 34.7. The maximum absolute atomic E-state index is 12.6. The van der Waals surface area contributed by atoms with Gasteiger partial charge in [-0.2, -0.15) is 9.97 Å². The number of nitrogens with zero attached hydrogens (tertiary/aromatic N) is 7. The lowest BCUT2D eigenvalue weighted by Crippen LogP contribution is -2.56. The predicted molar refractivity (Wildman–Crippen MR) is 168 cm³/mol. The fourth-order valence-corrected chi connectivity index (χ4v) is 6.94. The van der Waals surface area contributed by atoms with Gasteiger partial charge in [0.25, 0.3) is 0 Å². The Bertz CT molecular complexity index is 1570. The molecule has 1 aromatic heterocycles. The molecule has 0 aliphatic carbocycles. The summed E-state index contributed by atoms with van der Waals surface area (Å²) in [6.07, 6.45) is 4.19. The molecule has 2 fully saturated rings. The number of anilines is 2. The third-order valence-corrected chi connectivity index (χ3v) is 9.14. The van der Waals surface area contributed by atoms with E-state index in [1.165, 1.54) is 6.08 Å². The second-order valence-electron chi connectivity index (χ2n) is 11.8. The minimum atomic E-state index is -0.253. The molecule has 2 saturated heterocycles. The van der Waals surface area contributed by atoms with Crippen LogP contribution in [0.4, 0.5) is 11.5 Å². The Morgan fingerprint density at radius 1 is 1.21 bits per heavy atom. The predicted octanol–water partition coefficient (Wildman–Crippen LogP) is 3.88. The number of carbonyl (C=O) groups is 1. The molecule has 224 valence electrons. The van der Waals surface area contributed by atoms with Gasteiger partial charge in [-0.3, -0.25) is 9.69 Å². The van der Waals surface area contributed by atoms with E-state index in [1.54, 1.807) is 11.0 Å². The van der Waals surface area contributed by atoms with Crippen LogP contribution in [0.2, 0.25) is 0 Å². The number of hydrogen-bond donors (Lipinski definition) is 1. The van der Waals surface area contributed by atoms with Crippen molar-refractivity contribution in [2.24, 2.45) is 0 Å². The zero-order valence-corrected chi connectivity index (χ0v) is 24.9. The van der Waals surface area contributed by atoms with Crippen molar-refractivity contribution in [2.45, 2.75) is 50.9 Å². The van der Waals surface area contributed by atoms with Crippen molar-refractivity contribution in [3.05, 3.63) is 71.7 Å². The van der Waals surface area contributed by atoms with E-state index in [0.29, 0.717) is 38.2 Å². The smallest absolute Gasteiger partial charge is 0.318 e. The molecule has 0 radical (unpaired) electrons. The van der Waals surface area contributed by atoms with Gasteiger partial charge >= 0.3 is 6.01 Å². The number of benzene rings is 2. The number of phenols is 1. The Balaban J connectivity index is 1.36. The van der Waals surface area contributed by atoms with Gasteiger partial charge in [-0.25, -0.2) is 6.57 Å². The summed E-state index contributed by atoms with van der Waals surface area (Å²) in [5, 5.41) is 12.6. The molecule has 3 atom stereocenters. The fourth-order valence-electron chi connectivity index (χ4n) is 6.94. The van der Waals surface area contributed by atoms with Gasteiger partial charge in [0.1, 0.15) is 23.7 Å². The van der Waals surface area contributed by atoms with Gasteiger partial charge in [0.15, 0.2) is 0 Å². The number of aromatic nitrogens is 2. The number of rotatable bonds is 7. The molecule has 3 aliphatic rings. The van der Waals surface area contributed by atoms with Gasteiger partial charge in [-0.05, 0) is 57.3 Å². The number of aromatic hydroxyl groups is 1. The third-order valence-electron chi connectivity index (χ3n) is 9.14. The lowest BCUT2D eigenvalue weighted by atomic mass is 10.0. The molecule has 3 aromatic rings. The molecular weight excluding hydrogens is 542 g/mol. The van der Waals surface area contributed by atoms with Crippen LogP contribution in [0.15, 0.2) is 49.1 Å². The van der Waals surface area contributed by atoms with Crippen molar-refractivity contribution < 1.29 is 14.6 Å². The molecule has 43 heavy (non-hydrogen) atoms. The van der Waals surface area contributed by atoms with Crippen LogP contribution in [-0.2, 0) is 17.8 Å². The second-order valence-corrected chi connectivity index (χ2v) is 11.8. The SMILES string of the molecule is [C-]#[N+]C[C@H]1CN(c2nc(O[C@H](C)[C@H]3CCCN3C)nc3c2CCN(c2cc(O)cc4ccccc24)C3)CCN1C(=O)C=C. The van der Waals surface area contributed by atoms with Crippen molar-refractivity contribution in [1.82, 2.24) is 19.8 Å². The average Bonchev–Trinajstić information content (AvgIpc) is 3.45. The molecule has 1 amide bonds. The highest BCUT2D eigenvalue weighted by Crippen LogP contribution is 2.37. The number of phenolic OH excluding ortho intramolecular Hbond substituents is 1. The topological polar surface area (TPSA) is 89.6 Å². The van der Waals surface area contributed by atoms with E-state index in [0.717, 1.165) is 65.9 Å². The first kappa shape index (κ1) is 28.7. The van der Waals surface area contributed by atoms with Crippen molar-refractivity contribution >= 4 is 28.2 Å². The van der Waals surface area contributed by atoms with E-state index in [4.69, 9.17) is 21.3 Å². The second kappa shape index (κ2) is 12.1. The van der Waals surface area contributed by atoms with E-state index < -0.39 is 0 Å². The van der Waals surface area contributed by atoms with E-state index in [9.17, 15) is 9.90 Å². The van der Waals surface area contributed by atoms with Crippen LogP contribution in [-0.4, -0.2) is 95.3 Å². The fraction of sp³-hybridized carbons (Fsp3) is 0.455. The number of piperazine rings is 1. The highest BCUT2D eigenvalue weighted by molar-refractivity contribution is 5.95. The summed E-state index contributed by atoms with van der Waals surface area (Å²) in [6.45, 7) is 17.4. The molecule has 0 bridgehead atoms. The summed E-state index contributed by atoms with van der Waals surface area (Å²) in [7, 11) is 2.13. The average molecular weight is 582 g/mol. The Morgan fingerprint density at radius 2 is 2.05 bits per heavy atom. The number of likely N-dealkylation sites (N-methyl/N-ethyl adjacent to an activating group) is 1. The lowest BCUT2D eigenvalue weighted by Gasteiger charge is -2.41. The monoisotopic (exact) mass is 581 g/mol. The van der Waals surface area contributed by atoms with E-state index in [2.05, 4.69) is 46.2 Å². The zero-order valence-electron chi connectivity index (χ0n) is 24.9. The number of ether oxygens (including phenoxy) is 1. The zero-order chi connectivity index (χ0) is 30.1. The summed E-state index contributed by atoms with van der Waals surface area (Å²) < 4.78 is 6.47. The molecule has 2 aromatic carbocycles. The number of carbonyl (C=O) groups excluding carboxylic acids is 1. The highest BCUT2D eigenvalue weighted by Gasteiger charge is 2.35. The van der Waals surface area contributed by atoms with Crippen LogP contribution in [0, 0.1) is 6.57 Å². The molecule has 10 nitrogen and oxygen atoms in total. The van der Waals surface area contributed by atoms with Gasteiger partial charge in [-0.15, -0.1) is 0 Å². The number of amides is 1. The van der Waals surface area contributed by atoms with Crippen molar-refractivity contribution in [3.63, 3.8) is 0 Å². The van der Waals surface area contributed by atoms with E-state index in [-0.39, 0.29) is 30.3 Å². The number of fused-ring (bicyclic) bond motifs is 2. The van der Waals surface area contributed by atoms with Crippen LogP contribution >= 0.6 is 0 Å². The van der Waals surface area contributed by atoms with Gasteiger partial charge < -0.3 is 29.4 Å². The Labute approximate surface area is 253 Å². The minimum absolute atomic E-state index is 0.0787. The van der Waals surface area contributed by atoms with Crippen LogP contribution < -0.4 is 14.5 Å². The normalized spacial score (nSPS) is 21.4. The maximum atomic E-state index is 12.6. The molecular formula is C33H39N7O3. The Hall–Kier alpha value is -4.36. The van der Waals surface area contributed by atoms with Crippen molar-refractivity contribution in [1.29, 1.82) is 0 Å². The Morgan fingerprint density at radius 3 is 2.81 bits per heavy atom. The summed E-state index contributed by atoms with van der Waals surface area (Å²) in [5.41, 5.74) is 2.94. The summed E-state index contributed by atoms with van der Waals surface area (Å²) in [6, 6.07) is 12.1. The number of likely N-dealkylation sites (tertiary alicyclic amines) is 1. The summed E-state index contributed by atoms with van der Waals surface area (Å²) >= 11 is 0. The molecule has 1 N–H and O–H groups in total. The molecule has 3 aliphatic heterocycles. The van der Waals surface area contributed by atoms with Gasteiger partial charge in [-0.1, -0.05) is 30.8 Å². The highest BCUT2D eigenvalue weighted by atomic mass is 16.5. The first-order valence-electron chi connectivity index (χ1n) is 15.1. The Kier molecular flexibility index (Phi) is 8.08. The quantitative estimate of drug-likeness (QED) is 0.332. The largest absolute Gasteiger partial charge is 0.508 e. The van der Waals surface area contributed by atoms with E-state index in [1.807, 2.05) is 24.3 Å². The first-order chi connectivity index (χ1) is 20.9. The van der Waals surface area contributed by atoms with Crippen LogP contribution in [0.5, 0.6) is 11.8 Å². The maximum Gasteiger partial charge on any atom is 0.318 e. The van der Waals surface area contributed by atoms with Crippen LogP contribution in [0.25, 0.3) is 15.6 Å². The molecule has 4 heterocycles. The molecule has 0 saturated carbocycles. The summed E-state index contributed by atoms with van der Waals surface area (Å²) in [5.74, 6) is 0.915. The van der Waals surface area contributed by atoms with Gasteiger partial charge in [0, 0.05) is 54.9 Å². The lowest BCUT2D eigenvalue weighted by molar-refractivity contribution is -0.128. The first-order valence-corrected chi connectivity index (χ1v) is 15.1. The molecule has 10 heteroatoms. The minimum Gasteiger partial charge on any atom is -0.508 e. The standard InChI is InChI=1S/C33H39N7O3/c1-5-31(42)40-16-15-39(20-24(40)19-34-3)32-27-12-14-38(30-18-25(41)17-23-9-6-7-10-26(23)30)21-28(27)35-33(36-32)43-22(2)29-11-8-13-37(29)4/h5-7,9-10,17-18,22,24,29,41H,1,8,11-16,19-21H2,2,4H3/t22-,24+,29-/m1/s1. The van der Waals surface area contributed by atoms with Gasteiger partial charge in [0.05, 0.1) is 12.2 Å². The molecule has 0 unspecified atom stereocenters. The molecule has 0 spiro atoms. The van der Waals surface area contributed by atoms with Gasteiger partial charge in [0.2, 0.25) is 12.5 Å². The molecule has 6 rings (SSSR count). The van der Waals surface area contributed by atoms with E-state index >= 15 is 0 Å². The number of hydrogen-bond acceptors (Lipinski definition) is 8. The third kappa shape index (κ3) is 5.69. The van der Waals surface area contributed by atoms with Crippen molar-refractivity contribution in [3.8, 4) is 11.8 Å². The van der Waals surface area contributed by atoms with Crippen molar-refractivity contribution in [2.75, 3.05) is 56.1 Å². The van der Waals surface area contributed by atoms with Crippen LogP contribution in [0.3, 0.4) is 0 Å². The van der Waals surface area contributed by atoms with Crippen LogP contribution in [0.1, 0.15) is 31.0 Å².